The van der Waals surface area contributed by atoms with E-state index in [-0.39, 0.29) is 55.9 Å². The number of aromatic hydroxyl groups is 1. The highest BCUT2D eigenvalue weighted by Gasteiger charge is 2.36. The average molecular weight is 1050 g/mol. The Kier molecular flexibility index (Phi) is 22.8. The Morgan fingerprint density at radius 3 is 1.74 bits per heavy atom. The normalized spacial score (nSPS) is 15.5. The van der Waals surface area contributed by atoms with E-state index in [0.717, 1.165) is 12.5 Å². The molecule has 24 heteroatoms. The molecule has 0 radical (unpaired) electrons. The third kappa shape index (κ3) is 18.1. The Morgan fingerprint density at radius 2 is 1.12 bits per heavy atom. The Morgan fingerprint density at radius 1 is 0.603 bits per heavy atom. The van der Waals surface area contributed by atoms with E-state index in [1.807, 2.05) is 0 Å². The first-order chi connectivity index (χ1) is 35.2. The van der Waals surface area contributed by atoms with Gasteiger partial charge in [0.2, 0.25) is 41.4 Å². The van der Waals surface area contributed by atoms with E-state index < -0.39 is 108 Å². The fraction of sp³-hybridized carbons (Fsp3) is 0.429. The lowest BCUT2D eigenvalue weighted by Gasteiger charge is -2.28. The minimum Gasteiger partial charge on any atom is -0.508 e. The van der Waals surface area contributed by atoms with Crippen molar-refractivity contribution in [1.29, 1.82) is 0 Å². The third-order valence-electron chi connectivity index (χ3n) is 11.6. The average Bonchev–Trinajstić information content (AvgIpc) is 3.78. The Bertz CT molecular complexity index is 2540. The number of H-pyrrole nitrogens is 1. The lowest BCUT2D eigenvalue weighted by Crippen LogP contribution is -2.62. The molecule has 0 aliphatic carbocycles. The summed E-state index contributed by atoms with van der Waals surface area (Å²) in [6.45, 7) is 2.51. The number of aromatic amines is 1. The summed E-state index contributed by atoms with van der Waals surface area (Å²) in [4.78, 5) is 112. The van der Waals surface area contributed by atoms with Gasteiger partial charge in [0.1, 0.15) is 42.0 Å². The number of para-hydroxylation sites is 1. The zero-order valence-electron chi connectivity index (χ0n) is 41.3. The van der Waals surface area contributed by atoms with Gasteiger partial charge in [-0.3, -0.25) is 33.6 Å². The summed E-state index contributed by atoms with van der Waals surface area (Å²) in [5, 5.41) is 55.7. The molecular formula is C49H66N10O12S2. The van der Waals surface area contributed by atoms with Gasteiger partial charge in [-0.2, -0.15) is 25.3 Å². The number of carbonyl (C=O) groups excluding carboxylic acids is 7. The lowest BCUT2D eigenvalue weighted by molar-refractivity contribution is -0.145. The van der Waals surface area contributed by atoms with E-state index in [0.29, 0.717) is 33.8 Å². The summed E-state index contributed by atoms with van der Waals surface area (Å²) >= 11 is 8.34. The van der Waals surface area contributed by atoms with Crippen molar-refractivity contribution in [1.82, 2.24) is 42.2 Å². The second kappa shape index (κ2) is 29.1. The minimum atomic E-state index is -1.76. The number of aliphatic carboxylic acids is 1. The number of nitrogens with two attached hydrogens (primary N) is 2. The number of aliphatic hydroxyl groups excluding tert-OH is 2. The molecule has 22 nitrogen and oxygen atoms in total. The second-order valence-electron chi connectivity index (χ2n) is 17.4. The van der Waals surface area contributed by atoms with Crippen LogP contribution in [0, 0.1) is 0 Å². The van der Waals surface area contributed by atoms with E-state index in [4.69, 9.17) is 12.9 Å². The van der Waals surface area contributed by atoms with E-state index in [1.54, 1.807) is 60.8 Å². The van der Waals surface area contributed by atoms with Crippen molar-refractivity contribution in [2.75, 3.05) is 18.1 Å². The van der Waals surface area contributed by atoms with Gasteiger partial charge in [0.15, 0.2) is 7.45 Å². The fourth-order valence-electron chi connectivity index (χ4n) is 7.51. The van der Waals surface area contributed by atoms with Crippen LogP contribution in [0.5, 0.6) is 5.75 Å². The predicted octanol–water partition coefficient (Wildman–Crippen LogP) is -1.54. The molecule has 396 valence electrons. The van der Waals surface area contributed by atoms with Crippen LogP contribution in [-0.4, -0.2) is 151 Å². The van der Waals surface area contributed by atoms with Gasteiger partial charge in [0, 0.05) is 41.4 Å². The first-order valence-electron chi connectivity index (χ1n) is 23.9. The molecule has 0 fully saturated rings. The highest BCUT2D eigenvalue weighted by atomic mass is 32.1. The molecule has 1 aromatic heterocycles. The number of unbranched alkanes of at least 4 members (excludes halogenated alkanes) is 1. The van der Waals surface area contributed by atoms with Gasteiger partial charge in [0.25, 0.3) is 0 Å². The van der Waals surface area contributed by atoms with Crippen LogP contribution in [0.15, 0.2) is 85.1 Å². The van der Waals surface area contributed by atoms with Crippen LogP contribution in [0.4, 0.5) is 0 Å². The summed E-state index contributed by atoms with van der Waals surface area (Å²) in [5.74, 6) is -9.13. The molecule has 0 aliphatic heterocycles. The molecule has 0 saturated carbocycles. The zero-order valence-corrected chi connectivity index (χ0v) is 42.1. The van der Waals surface area contributed by atoms with Crippen molar-refractivity contribution in [3.8, 4) is 5.75 Å². The van der Waals surface area contributed by atoms with Crippen molar-refractivity contribution in [3.63, 3.8) is 0 Å². The maximum Gasteiger partial charge on any atom is 0.328 e. The fourth-order valence-corrected chi connectivity index (χ4v) is 8.01. The number of carbonyl (C=O) groups is 8. The lowest BCUT2D eigenvalue weighted by atomic mass is 10.0. The Hall–Kier alpha value is -6.70. The monoisotopic (exact) mass is 1050 g/mol. The summed E-state index contributed by atoms with van der Waals surface area (Å²) in [7, 11) is 0. The van der Waals surface area contributed by atoms with Crippen LogP contribution in [0.3, 0.4) is 0 Å². The van der Waals surface area contributed by atoms with Gasteiger partial charge in [0.05, 0.1) is 18.2 Å². The van der Waals surface area contributed by atoms with Crippen molar-refractivity contribution >= 4 is 83.5 Å². The minimum absolute atomic E-state index is 0.0708. The van der Waals surface area contributed by atoms with Crippen LogP contribution in [0.1, 0.15) is 49.8 Å². The van der Waals surface area contributed by atoms with Gasteiger partial charge in [-0.05, 0) is 81.0 Å². The maximum absolute atomic E-state index is 14.7. The van der Waals surface area contributed by atoms with Crippen LogP contribution in [0.25, 0.3) is 10.9 Å². The summed E-state index contributed by atoms with van der Waals surface area (Å²) in [6.07, 6.45) is -1.34. The topological polar surface area (TPSA) is 370 Å². The largest absolute Gasteiger partial charge is 0.508 e. The van der Waals surface area contributed by atoms with Gasteiger partial charge < -0.3 is 74.1 Å². The highest BCUT2D eigenvalue weighted by molar-refractivity contribution is 7.80. The number of fused-ring (bicyclic) bond motifs is 1. The molecule has 7 amide bonds. The number of rotatable bonds is 29. The molecular weight excluding hydrogens is 985 g/mol. The van der Waals surface area contributed by atoms with Gasteiger partial charge >= 0.3 is 5.97 Å². The van der Waals surface area contributed by atoms with Crippen molar-refractivity contribution < 1.29 is 60.2 Å². The molecule has 0 bridgehead atoms. The second-order valence-corrected chi connectivity index (χ2v) is 18.1. The number of amides is 7. The first kappa shape index (κ1) is 57.2. The Balaban J connectivity index is 1.65. The molecule has 16 N–H and O–H groups in total. The predicted molar refractivity (Wildman–Crippen MR) is 277 cm³/mol. The van der Waals surface area contributed by atoms with Gasteiger partial charge in [-0.25, -0.2) is 4.79 Å². The third-order valence-corrected chi connectivity index (χ3v) is 12.4. The van der Waals surface area contributed by atoms with E-state index in [9.17, 15) is 58.8 Å². The number of phenols is 1. The summed E-state index contributed by atoms with van der Waals surface area (Å²) < 4.78 is 9.09. The van der Waals surface area contributed by atoms with Crippen LogP contribution >= 0.6 is 25.3 Å². The smallest absolute Gasteiger partial charge is 0.328 e. The van der Waals surface area contributed by atoms with Gasteiger partial charge in [-0.1, -0.05) is 60.7 Å². The maximum atomic E-state index is 14.7. The van der Waals surface area contributed by atoms with Crippen molar-refractivity contribution in [2.24, 2.45) is 11.5 Å². The number of aromatic nitrogens is 1. The number of hydrogen-bond donors (Lipinski definition) is 16. The van der Waals surface area contributed by atoms with Crippen LogP contribution < -0.4 is 48.7 Å². The van der Waals surface area contributed by atoms with E-state index in [2.05, 4.69) is 62.1 Å². The molecule has 0 spiro atoms. The number of nitrogens with one attached hydrogen (secondary N) is 8. The molecule has 73 heavy (non-hydrogen) atoms. The van der Waals surface area contributed by atoms with Gasteiger partial charge in [-0.15, -0.1) is 0 Å². The number of hydrogen-bond acceptors (Lipinski definition) is 15. The number of thiol groups is 2. The molecule has 4 rings (SSSR count). The van der Waals surface area contributed by atoms with Crippen LogP contribution in [0.2, 0.25) is 1.41 Å². The molecule has 10 atom stereocenters. The molecule has 1 heterocycles. The molecule has 0 aliphatic rings. The number of phenolic OH excluding ortho intramolecular Hbond substituents is 1. The summed E-state index contributed by atoms with van der Waals surface area (Å²) in [5.41, 5.74) is 14.3. The number of carboxylic acids is 1. The van der Waals surface area contributed by atoms with Crippen molar-refractivity contribution in [3.05, 3.63) is 102 Å². The van der Waals surface area contributed by atoms with Crippen LogP contribution in [-0.2, 0) is 57.6 Å². The first-order valence-corrected chi connectivity index (χ1v) is 24.7. The van der Waals surface area contributed by atoms with Crippen molar-refractivity contribution in [2.45, 2.75) is 113 Å². The molecule has 0 saturated heterocycles. The summed E-state index contributed by atoms with van der Waals surface area (Å²) in [6, 6.07) is 9.42. The molecule has 4 aromatic rings. The number of carboxylic acid groups (broad SMARTS) is 1. The van der Waals surface area contributed by atoms with E-state index in [1.165, 1.54) is 31.2 Å². The standard InChI is InChI=1S/C49H66N10O12S2/c1-26(60)40(48(69)57-39(25-73)47(68)59-41(27(2)61)49(70)71)58-43(64)35(14-8-9-19-50)53-45(66)37(22-30-23-52-34-13-7-6-12-32(30)34)55-44(65)36(21-29-15-17-31(62)18-16-29)54-46(67)38(24-72)56-42(63)33(51)20-28-10-4-3-5-11-28/h3-7,10-13,15-18,23,26-27,33,35-41,52,60-62,72-73H,8-9,14,19-22,24-25,50-51H2,1-2H3,(H,53,66)(H,54,67)(H,55,65)(H,56,63)(H,57,69)(H,58,64)(H,59,68)(H,70,71)/t26-,27-,33-,35+,36+,37+,38+,39+,40+,41+/m1/s1/i/hD. The van der Waals surface area contributed by atoms with E-state index >= 15 is 0 Å². The molecule has 0 unspecified atom stereocenters. The Labute approximate surface area is 434 Å². The zero-order chi connectivity index (χ0) is 54.6. The highest BCUT2D eigenvalue weighted by Crippen LogP contribution is 2.20. The number of aliphatic hydroxyl groups is 2. The number of benzene rings is 3. The SMILES string of the molecule is [2H]N(C(=O)[C@H](CS)NC(=O)[C@H](N)Cc1ccccc1)[C@@H](Cc1ccc(O)cc1)C(=O)N[C@@H](Cc1c[nH]c2ccccc12)C(=O)N[C@@H](CCCCN)C(=O)N[C@H](C(=O)N[C@@H](CS)C(=O)N[C@H](C(=O)O)[C@@H](C)O)[C@@H](C)O. The quantitative estimate of drug-likeness (QED) is 0.0217. The molecule has 3 aromatic carbocycles.